The van der Waals surface area contributed by atoms with Gasteiger partial charge in [0.05, 0.1) is 0 Å². The highest BCUT2D eigenvalue weighted by Gasteiger charge is 2.11. The fourth-order valence-corrected chi connectivity index (χ4v) is 1.36. The molecular formula is C11H17F2N3O. The van der Waals surface area contributed by atoms with Gasteiger partial charge in [-0.1, -0.05) is 6.92 Å². The number of aromatic nitrogens is 1. The van der Waals surface area contributed by atoms with Crippen molar-refractivity contribution in [2.24, 2.45) is 5.92 Å². The van der Waals surface area contributed by atoms with Crippen molar-refractivity contribution in [3.8, 4) is 0 Å². The fraction of sp³-hybridized carbons (Fsp3) is 0.545. The van der Waals surface area contributed by atoms with Crippen LogP contribution in [-0.4, -0.2) is 30.3 Å². The number of hydrogen-bond acceptors (Lipinski definition) is 4. The Bertz CT molecular complexity index is 374. The van der Waals surface area contributed by atoms with Crippen LogP contribution in [0.25, 0.3) is 0 Å². The molecule has 0 spiro atoms. The lowest BCUT2D eigenvalue weighted by Gasteiger charge is -2.13. The minimum Gasteiger partial charge on any atom is -0.396 e. The highest BCUT2D eigenvalue weighted by atomic mass is 19.1. The lowest BCUT2D eigenvalue weighted by molar-refractivity contribution is 0.265. The third kappa shape index (κ3) is 3.81. The molecule has 0 bridgehead atoms. The lowest BCUT2D eigenvalue weighted by atomic mass is 10.1. The summed E-state index contributed by atoms with van der Waals surface area (Å²) in [5.41, 5.74) is 0. The molecule has 17 heavy (non-hydrogen) atoms. The summed E-state index contributed by atoms with van der Waals surface area (Å²) in [6.45, 7) is 2.48. The number of rotatable bonds is 6. The molecule has 0 fully saturated rings. The van der Waals surface area contributed by atoms with Crippen LogP contribution in [-0.2, 0) is 0 Å². The Labute approximate surface area is 99.1 Å². The molecule has 1 unspecified atom stereocenters. The van der Waals surface area contributed by atoms with Crippen molar-refractivity contribution in [3.05, 3.63) is 17.7 Å². The molecule has 0 radical (unpaired) electrons. The molecule has 0 aliphatic carbocycles. The van der Waals surface area contributed by atoms with E-state index in [9.17, 15) is 8.78 Å². The van der Waals surface area contributed by atoms with Gasteiger partial charge in [0.15, 0.2) is 23.3 Å². The van der Waals surface area contributed by atoms with Crippen LogP contribution in [0.2, 0.25) is 0 Å². The number of hydrogen-bond donors (Lipinski definition) is 3. The van der Waals surface area contributed by atoms with Gasteiger partial charge in [-0.2, -0.15) is 0 Å². The summed E-state index contributed by atoms with van der Waals surface area (Å²) >= 11 is 0. The van der Waals surface area contributed by atoms with Crippen LogP contribution in [0.4, 0.5) is 20.4 Å². The average molecular weight is 245 g/mol. The van der Waals surface area contributed by atoms with Gasteiger partial charge in [0.2, 0.25) is 0 Å². The summed E-state index contributed by atoms with van der Waals surface area (Å²) in [7, 11) is 1.52. The quantitative estimate of drug-likeness (QED) is 0.715. The Morgan fingerprint density at radius 1 is 1.35 bits per heavy atom. The molecule has 1 aromatic heterocycles. The Kier molecular flexibility index (Phi) is 5.09. The van der Waals surface area contributed by atoms with Gasteiger partial charge in [-0.05, 0) is 12.3 Å². The molecular weight excluding hydrogens is 228 g/mol. The molecule has 1 atom stereocenters. The van der Waals surface area contributed by atoms with E-state index in [1.165, 1.54) is 7.05 Å². The minimum atomic E-state index is -0.724. The molecule has 0 saturated carbocycles. The second-order valence-corrected chi connectivity index (χ2v) is 3.90. The summed E-state index contributed by atoms with van der Waals surface area (Å²) < 4.78 is 26.5. The fourth-order valence-electron chi connectivity index (χ4n) is 1.36. The molecule has 0 aromatic carbocycles. The highest BCUT2D eigenvalue weighted by Crippen LogP contribution is 2.18. The first kappa shape index (κ1) is 13.6. The zero-order valence-electron chi connectivity index (χ0n) is 9.93. The van der Waals surface area contributed by atoms with E-state index >= 15 is 0 Å². The van der Waals surface area contributed by atoms with Crippen molar-refractivity contribution in [2.75, 3.05) is 30.8 Å². The predicted octanol–water partition coefficient (Wildman–Crippen LogP) is 1.83. The van der Waals surface area contributed by atoms with E-state index in [0.29, 0.717) is 13.0 Å². The van der Waals surface area contributed by atoms with Gasteiger partial charge in [0.1, 0.15) is 0 Å². The van der Waals surface area contributed by atoms with Crippen molar-refractivity contribution in [1.82, 2.24) is 4.98 Å². The number of pyridine rings is 1. The van der Waals surface area contributed by atoms with Crippen LogP contribution in [0.3, 0.4) is 0 Å². The summed E-state index contributed by atoms with van der Waals surface area (Å²) in [5, 5.41) is 14.1. The molecule has 0 aliphatic heterocycles. The number of nitrogens with one attached hydrogen (secondary N) is 2. The van der Waals surface area contributed by atoms with E-state index in [0.717, 1.165) is 6.07 Å². The maximum Gasteiger partial charge on any atom is 0.168 e. The van der Waals surface area contributed by atoms with Gasteiger partial charge in [0, 0.05) is 26.3 Å². The van der Waals surface area contributed by atoms with Crippen LogP contribution in [0.1, 0.15) is 13.3 Å². The van der Waals surface area contributed by atoms with Gasteiger partial charge in [-0.15, -0.1) is 0 Å². The van der Waals surface area contributed by atoms with Crippen molar-refractivity contribution < 1.29 is 13.9 Å². The molecule has 4 nitrogen and oxygen atoms in total. The first-order chi connectivity index (χ1) is 8.08. The maximum absolute atomic E-state index is 13.4. The van der Waals surface area contributed by atoms with Gasteiger partial charge >= 0.3 is 0 Å². The van der Waals surface area contributed by atoms with Crippen LogP contribution in [0.15, 0.2) is 6.07 Å². The molecule has 0 aliphatic rings. The second kappa shape index (κ2) is 6.34. The molecule has 1 rings (SSSR count). The zero-order chi connectivity index (χ0) is 12.8. The van der Waals surface area contributed by atoms with Gasteiger partial charge in [-0.3, -0.25) is 0 Å². The molecule has 0 amide bonds. The summed E-state index contributed by atoms with van der Waals surface area (Å²) in [6.07, 6.45) is 0.620. The van der Waals surface area contributed by atoms with E-state index in [1.54, 1.807) is 0 Å². The third-order valence-corrected chi connectivity index (χ3v) is 2.41. The summed E-state index contributed by atoms with van der Waals surface area (Å²) in [5.74, 6) is -1.25. The van der Waals surface area contributed by atoms with E-state index in [2.05, 4.69) is 15.6 Å². The van der Waals surface area contributed by atoms with Gasteiger partial charge in [-0.25, -0.2) is 13.8 Å². The van der Waals surface area contributed by atoms with Crippen LogP contribution in [0.5, 0.6) is 0 Å². The third-order valence-electron chi connectivity index (χ3n) is 2.41. The zero-order valence-corrected chi connectivity index (χ0v) is 9.93. The Hall–Kier alpha value is -1.43. The van der Waals surface area contributed by atoms with Crippen molar-refractivity contribution in [3.63, 3.8) is 0 Å². The average Bonchev–Trinajstić information content (AvgIpc) is 2.28. The summed E-state index contributed by atoms with van der Waals surface area (Å²) in [4.78, 5) is 3.79. The van der Waals surface area contributed by atoms with Crippen molar-refractivity contribution >= 4 is 11.6 Å². The van der Waals surface area contributed by atoms with E-state index in [-0.39, 0.29) is 24.2 Å². The number of halogens is 2. The number of anilines is 2. The SMILES string of the molecule is CNc1nc(NCC(C)CCO)c(F)cc1F. The predicted molar refractivity (Wildman–Crippen MR) is 63.1 cm³/mol. The standard InChI is InChI=1S/C11H17F2N3O/c1-7(3-4-17)6-15-11-9(13)5-8(12)10(14-2)16-11/h5,7,17H,3-4,6H2,1-2H3,(H2,14,15,16). The molecule has 1 heterocycles. The van der Waals surface area contributed by atoms with Crippen molar-refractivity contribution in [2.45, 2.75) is 13.3 Å². The smallest absolute Gasteiger partial charge is 0.168 e. The van der Waals surface area contributed by atoms with E-state index < -0.39 is 11.6 Å². The number of aliphatic hydroxyl groups excluding tert-OH is 1. The Morgan fingerprint density at radius 2 is 2.00 bits per heavy atom. The number of nitrogens with zero attached hydrogens (tertiary/aromatic N) is 1. The summed E-state index contributed by atoms with van der Waals surface area (Å²) in [6, 6.07) is 0.790. The second-order valence-electron chi connectivity index (χ2n) is 3.90. The first-order valence-corrected chi connectivity index (χ1v) is 5.47. The monoisotopic (exact) mass is 245 g/mol. The minimum absolute atomic E-state index is 0.00344. The van der Waals surface area contributed by atoms with E-state index in [4.69, 9.17) is 5.11 Å². The van der Waals surface area contributed by atoms with Crippen LogP contribution >= 0.6 is 0 Å². The lowest BCUT2D eigenvalue weighted by Crippen LogP contribution is -2.15. The first-order valence-electron chi connectivity index (χ1n) is 5.47. The number of aliphatic hydroxyl groups is 1. The van der Waals surface area contributed by atoms with Gasteiger partial charge in [0.25, 0.3) is 0 Å². The van der Waals surface area contributed by atoms with Crippen LogP contribution in [0, 0.1) is 17.6 Å². The Balaban J connectivity index is 2.70. The van der Waals surface area contributed by atoms with Crippen LogP contribution < -0.4 is 10.6 Å². The Morgan fingerprint density at radius 3 is 2.59 bits per heavy atom. The largest absolute Gasteiger partial charge is 0.396 e. The highest BCUT2D eigenvalue weighted by molar-refractivity contribution is 5.47. The van der Waals surface area contributed by atoms with Gasteiger partial charge < -0.3 is 15.7 Å². The molecule has 1 aromatic rings. The molecule has 6 heteroatoms. The normalized spacial score (nSPS) is 12.3. The van der Waals surface area contributed by atoms with E-state index in [1.807, 2.05) is 6.92 Å². The maximum atomic E-state index is 13.4. The topological polar surface area (TPSA) is 57.2 Å². The molecule has 96 valence electrons. The van der Waals surface area contributed by atoms with Crippen molar-refractivity contribution in [1.29, 1.82) is 0 Å². The molecule has 0 saturated heterocycles. The molecule has 3 N–H and O–H groups in total.